The van der Waals surface area contributed by atoms with Crippen molar-refractivity contribution < 1.29 is 0 Å². The lowest BCUT2D eigenvalue weighted by molar-refractivity contribution is 0.590. The molecule has 3 heterocycles. The summed E-state index contributed by atoms with van der Waals surface area (Å²) in [6.07, 6.45) is 1.50. The van der Waals surface area contributed by atoms with Crippen LogP contribution in [0.3, 0.4) is 0 Å². The van der Waals surface area contributed by atoms with E-state index in [2.05, 4.69) is 39.5 Å². The van der Waals surface area contributed by atoms with Crippen LogP contribution >= 0.6 is 11.3 Å². The van der Waals surface area contributed by atoms with E-state index < -0.39 is 0 Å². The molecule has 0 fully saturated rings. The number of hydrogen-bond acceptors (Lipinski definition) is 7. The summed E-state index contributed by atoms with van der Waals surface area (Å²) < 4.78 is 2.81. The molecular formula is C11H13N7OS. The van der Waals surface area contributed by atoms with Gasteiger partial charge in [0.2, 0.25) is 0 Å². The smallest absolute Gasteiger partial charge is 0.267 e. The fraction of sp³-hybridized carbons (Fsp3) is 0.455. The molecule has 0 saturated carbocycles. The summed E-state index contributed by atoms with van der Waals surface area (Å²) >= 11 is 1.48. The lowest BCUT2D eigenvalue weighted by atomic mass is 10.2. The Bertz CT molecular complexity index is 816. The predicted octanol–water partition coefficient (Wildman–Crippen LogP) is 0.548. The van der Waals surface area contributed by atoms with Crippen LogP contribution in [0.5, 0.6) is 0 Å². The van der Waals surface area contributed by atoms with Crippen LogP contribution in [0.25, 0.3) is 11.0 Å². The summed E-state index contributed by atoms with van der Waals surface area (Å²) in [5.41, 5.74) is 0.260. The highest BCUT2D eigenvalue weighted by atomic mass is 32.1. The van der Waals surface area contributed by atoms with Gasteiger partial charge in [-0.25, -0.2) is 9.36 Å². The number of rotatable bonds is 3. The first kappa shape index (κ1) is 12.9. The number of fused-ring (bicyclic) bond motifs is 1. The minimum Gasteiger partial charge on any atom is -0.267 e. The van der Waals surface area contributed by atoms with E-state index in [0.29, 0.717) is 17.0 Å². The molecule has 3 aromatic heterocycles. The zero-order valence-corrected chi connectivity index (χ0v) is 12.1. The van der Waals surface area contributed by atoms with Crippen molar-refractivity contribution in [2.75, 3.05) is 0 Å². The highest BCUT2D eigenvalue weighted by Gasteiger charge is 2.13. The lowest BCUT2D eigenvalue weighted by Gasteiger charge is -2.00. The summed E-state index contributed by atoms with van der Waals surface area (Å²) in [5, 5.41) is 22.3. The van der Waals surface area contributed by atoms with E-state index in [0.717, 1.165) is 10.0 Å². The topological polar surface area (TPSA) is 91.4 Å². The molecule has 0 aliphatic carbocycles. The average Bonchev–Trinajstić information content (AvgIpc) is 3.01. The average molecular weight is 291 g/mol. The molecular weight excluding hydrogens is 278 g/mol. The summed E-state index contributed by atoms with van der Waals surface area (Å²) in [4.78, 5) is 12.3. The molecule has 0 amide bonds. The molecule has 0 atom stereocenters. The van der Waals surface area contributed by atoms with Crippen LogP contribution in [0.1, 0.15) is 29.8 Å². The van der Waals surface area contributed by atoms with Crippen molar-refractivity contribution in [1.82, 2.24) is 35.0 Å². The first-order valence-corrected chi connectivity index (χ1v) is 6.95. The quantitative estimate of drug-likeness (QED) is 0.699. The monoisotopic (exact) mass is 291 g/mol. The van der Waals surface area contributed by atoms with E-state index >= 15 is 0 Å². The van der Waals surface area contributed by atoms with Crippen molar-refractivity contribution in [3.8, 4) is 0 Å². The summed E-state index contributed by atoms with van der Waals surface area (Å²) in [6, 6.07) is 0. The molecule has 20 heavy (non-hydrogen) atoms. The molecule has 9 heteroatoms. The largest absolute Gasteiger partial charge is 0.281 e. The summed E-state index contributed by atoms with van der Waals surface area (Å²) in [6.45, 7) is 4.39. The molecule has 0 unspecified atom stereocenters. The fourth-order valence-corrected chi connectivity index (χ4v) is 2.60. The van der Waals surface area contributed by atoms with Crippen molar-refractivity contribution in [3.05, 3.63) is 26.6 Å². The maximum Gasteiger partial charge on any atom is 0.281 e. The predicted molar refractivity (Wildman–Crippen MR) is 73.7 cm³/mol. The first-order valence-electron chi connectivity index (χ1n) is 6.14. The normalized spacial score (nSPS) is 11.6. The highest BCUT2D eigenvalue weighted by molar-refractivity contribution is 7.11. The third-order valence-corrected chi connectivity index (χ3v) is 4.09. The van der Waals surface area contributed by atoms with E-state index in [9.17, 15) is 4.79 Å². The minimum absolute atomic E-state index is 0.218. The SMILES string of the molecule is CC(C)c1nnc(Cn2nnc3c(cnn3C)c2=O)s1. The molecule has 0 spiro atoms. The Morgan fingerprint density at radius 2 is 2.10 bits per heavy atom. The van der Waals surface area contributed by atoms with E-state index in [1.165, 1.54) is 26.9 Å². The van der Waals surface area contributed by atoms with Crippen molar-refractivity contribution in [2.45, 2.75) is 26.3 Å². The Morgan fingerprint density at radius 3 is 2.80 bits per heavy atom. The van der Waals surface area contributed by atoms with Gasteiger partial charge in [0.05, 0.1) is 6.20 Å². The number of aryl methyl sites for hydroxylation is 1. The van der Waals surface area contributed by atoms with Crippen LogP contribution in [0.15, 0.2) is 11.0 Å². The maximum absolute atomic E-state index is 12.3. The van der Waals surface area contributed by atoms with Crippen molar-refractivity contribution in [1.29, 1.82) is 0 Å². The molecule has 3 aromatic rings. The van der Waals surface area contributed by atoms with Gasteiger partial charge in [-0.1, -0.05) is 30.4 Å². The molecule has 3 rings (SSSR count). The van der Waals surface area contributed by atoms with Gasteiger partial charge in [0, 0.05) is 13.0 Å². The van der Waals surface area contributed by atoms with Crippen molar-refractivity contribution in [3.63, 3.8) is 0 Å². The zero-order valence-electron chi connectivity index (χ0n) is 11.3. The second-order valence-electron chi connectivity index (χ2n) is 4.75. The summed E-state index contributed by atoms with van der Waals surface area (Å²) in [5.74, 6) is 0.324. The third kappa shape index (κ3) is 2.09. The molecule has 0 aliphatic heterocycles. The van der Waals surface area contributed by atoms with Gasteiger partial charge in [0.1, 0.15) is 21.9 Å². The Balaban J connectivity index is 1.98. The third-order valence-electron chi connectivity index (χ3n) is 2.88. The Labute approximate surface area is 118 Å². The second kappa shape index (κ2) is 4.75. The Morgan fingerprint density at radius 1 is 1.30 bits per heavy atom. The molecule has 0 bridgehead atoms. The zero-order chi connectivity index (χ0) is 14.3. The fourth-order valence-electron chi connectivity index (χ4n) is 1.77. The second-order valence-corrected chi connectivity index (χ2v) is 5.84. The molecule has 0 radical (unpaired) electrons. The standard InChI is InChI=1S/C11H13N7OS/c1-6(2)10-15-13-8(20-10)5-18-11(19)7-4-12-17(3)9(7)14-16-18/h4,6H,5H2,1-3H3. The van der Waals surface area contributed by atoms with Crippen LogP contribution in [0.2, 0.25) is 0 Å². The molecule has 0 aliphatic rings. The van der Waals surface area contributed by atoms with Crippen LogP contribution in [0.4, 0.5) is 0 Å². The van der Waals surface area contributed by atoms with E-state index in [4.69, 9.17) is 0 Å². The van der Waals surface area contributed by atoms with Gasteiger partial charge in [0.15, 0.2) is 5.65 Å². The lowest BCUT2D eigenvalue weighted by Crippen LogP contribution is -2.24. The molecule has 0 aromatic carbocycles. The molecule has 8 nitrogen and oxygen atoms in total. The van der Waals surface area contributed by atoms with Crippen LogP contribution < -0.4 is 5.56 Å². The number of hydrogen-bond donors (Lipinski definition) is 0. The van der Waals surface area contributed by atoms with Gasteiger partial charge in [-0.05, 0) is 0 Å². The Hall–Kier alpha value is -2.16. The van der Waals surface area contributed by atoms with E-state index in [1.807, 2.05) is 0 Å². The number of nitrogens with zero attached hydrogens (tertiary/aromatic N) is 7. The first-order chi connectivity index (χ1) is 9.56. The highest BCUT2D eigenvalue weighted by Crippen LogP contribution is 2.19. The van der Waals surface area contributed by atoms with Gasteiger partial charge < -0.3 is 0 Å². The van der Waals surface area contributed by atoms with Gasteiger partial charge in [0.25, 0.3) is 5.56 Å². The Kier molecular flexibility index (Phi) is 3.05. The van der Waals surface area contributed by atoms with Gasteiger partial charge in [-0.3, -0.25) is 4.79 Å². The van der Waals surface area contributed by atoms with Gasteiger partial charge in [-0.15, -0.1) is 15.3 Å². The van der Waals surface area contributed by atoms with E-state index in [-0.39, 0.29) is 12.1 Å². The minimum atomic E-state index is -0.218. The van der Waals surface area contributed by atoms with Crippen LogP contribution in [-0.2, 0) is 13.6 Å². The summed E-state index contributed by atoms with van der Waals surface area (Å²) in [7, 11) is 1.72. The van der Waals surface area contributed by atoms with E-state index in [1.54, 1.807) is 7.05 Å². The van der Waals surface area contributed by atoms with Crippen molar-refractivity contribution >= 4 is 22.4 Å². The van der Waals surface area contributed by atoms with Gasteiger partial charge in [-0.2, -0.15) is 5.10 Å². The molecule has 0 saturated heterocycles. The number of aromatic nitrogens is 7. The van der Waals surface area contributed by atoms with Crippen LogP contribution in [-0.4, -0.2) is 35.0 Å². The molecule has 104 valence electrons. The van der Waals surface area contributed by atoms with Gasteiger partial charge >= 0.3 is 0 Å². The molecule has 0 N–H and O–H groups in total. The maximum atomic E-state index is 12.3. The van der Waals surface area contributed by atoms with Crippen molar-refractivity contribution in [2.24, 2.45) is 7.05 Å². The van der Waals surface area contributed by atoms with Crippen LogP contribution in [0, 0.1) is 0 Å².